The zero-order valence-corrected chi connectivity index (χ0v) is 10.9. The molecule has 0 radical (unpaired) electrons. The Morgan fingerprint density at radius 3 is 2.67 bits per heavy atom. The predicted octanol–water partition coefficient (Wildman–Crippen LogP) is 2.79. The zero-order valence-electron chi connectivity index (χ0n) is 10.9. The van der Waals surface area contributed by atoms with Gasteiger partial charge in [-0.15, -0.1) is 0 Å². The number of methoxy groups -OCH3 is 1. The summed E-state index contributed by atoms with van der Waals surface area (Å²) in [5, 5.41) is 9.91. The van der Waals surface area contributed by atoms with Gasteiger partial charge in [-0.2, -0.15) is 0 Å². The summed E-state index contributed by atoms with van der Waals surface area (Å²) in [7, 11) is 1.51. The number of phenols is 1. The molecule has 0 fully saturated rings. The van der Waals surface area contributed by atoms with Crippen LogP contribution in [0.1, 0.15) is 36.7 Å². The van der Waals surface area contributed by atoms with Gasteiger partial charge >= 0.3 is 0 Å². The monoisotopic (exact) mass is 248 g/mol. The zero-order chi connectivity index (χ0) is 13.5. The van der Waals surface area contributed by atoms with Gasteiger partial charge < -0.3 is 14.6 Å². The fourth-order valence-corrected chi connectivity index (χ4v) is 1.99. The summed E-state index contributed by atoms with van der Waals surface area (Å²) in [6, 6.07) is 1.43. The van der Waals surface area contributed by atoms with Crippen molar-refractivity contribution in [2.24, 2.45) is 0 Å². The second-order valence-electron chi connectivity index (χ2n) is 4.81. The normalized spacial score (nSPS) is 15.8. The van der Waals surface area contributed by atoms with Crippen LogP contribution in [0.3, 0.4) is 0 Å². The number of fused-ring (bicyclic) bond motifs is 1. The lowest BCUT2D eigenvalue weighted by Crippen LogP contribution is -2.28. The average molecular weight is 248 g/mol. The molecule has 1 heterocycles. The molecule has 0 bridgehead atoms. The van der Waals surface area contributed by atoms with E-state index in [4.69, 9.17) is 9.47 Å². The third-order valence-electron chi connectivity index (χ3n) is 2.85. The van der Waals surface area contributed by atoms with Gasteiger partial charge in [-0.05, 0) is 32.9 Å². The average Bonchev–Trinajstić information content (AvgIpc) is 2.25. The van der Waals surface area contributed by atoms with Gasteiger partial charge in [0.25, 0.3) is 0 Å². The van der Waals surface area contributed by atoms with Crippen LogP contribution in [0.25, 0.3) is 6.08 Å². The second-order valence-corrected chi connectivity index (χ2v) is 4.81. The van der Waals surface area contributed by atoms with Crippen LogP contribution in [0.15, 0.2) is 12.1 Å². The molecule has 0 aromatic heterocycles. The van der Waals surface area contributed by atoms with E-state index in [1.165, 1.54) is 20.1 Å². The number of aromatic hydroxyl groups is 1. The van der Waals surface area contributed by atoms with Crippen LogP contribution in [0.4, 0.5) is 0 Å². The summed E-state index contributed by atoms with van der Waals surface area (Å²) in [4.78, 5) is 11.6. The second kappa shape index (κ2) is 4.05. The van der Waals surface area contributed by atoms with E-state index in [1.807, 2.05) is 26.0 Å². The van der Waals surface area contributed by atoms with E-state index in [9.17, 15) is 9.90 Å². The number of Topliss-reactive ketones (excluding diaryl/α,β-unsaturated/α-hetero) is 1. The van der Waals surface area contributed by atoms with Crippen molar-refractivity contribution in [1.82, 2.24) is 0 Å². The van der Waals surface area contributed by atoms with E-state index in [2.05, 4.69) is 0 Å². The number of ether oxygens (including phenoxy) is 2. The highest BCUT2D eigenvalue weighted by molar-refractivity contribution is 6.01. The van der Waals surface area contributed by atoms with Gasteiger partial charge in [0.1, 0.15) is 28.4 Å². The maximum absolute atomic E-state index is 11.6. The minimum atomic E-state index is -0.518. The fraction of sp³-hybridized carbons (Fsp3) is 0.357. The van der Waals surface area contributed by atoms with E-state index in [1.54, 1.807) is 0 Å². The number of carbonyl (C=O) groups excluding carboxylic acids is 1. The van der Waals surface area contributed by atoms with Crippen LogP contribution in [0.2, 0.25) is 0 Å². The highest BCUT2D eigenvalue weighted by atomic mass is 16.5. The molecule has 1 aliphatic heterocycles. The molecule has 0 aliphatic carbocycles. The predicted molar refractivity (Wildman–Crippen MR) is 68.4 cm³/mol. The van der Waals surface area contributed by atoms with Crippen LogP contribution in [0, 0.1) is 0 Å². The van der Waals surface area contributed by atoms with Gasteiger partial charge in [0.15, 0.2) is 5.78 Å². The Bertz CT molecular complexity index is 541. The molecule has 1 aliphatic rings. The molecule has 1 aromatic carbocycles. The van der Waals surface area contributed by atoms with E-state index in [0.717, 1.165) is 0 Å². The van der Waals surface area contributed by atoms with Crippen molar-refractivity contribution < 1.29 is 19.4 Å². The third-order valence-corrected chi connectivity index (χ3v) is 2.85. The van der Waals surface area contributed by atoms with E-state index in [0.29, 0.717) is 17.1 Å². The van der Waals surface area contributed by atoms with Crippen LogP contribution >= 0.6 is 0 Å². The van der Waals surface area contributed by atoms with Crippen LogP contribution in [-0.2, 0) is 0 Å². The first-order valence-electron chi connectivity index (χ1n) is 5.69. The van der Waals surface area contributed by atoms with Gasteiger partial charge in [0, 0.05) is 6.07 Å². The molecule has 1 aromatic rings. The van der Waals surface area contributed by atoms with Crippen molar-refractivity contribution >= 4 is 11.9 Å². The molecule has 4 nitrogen and oxygen atoms in total. The van der Waals surface area contributed by atoms with Crippen molar-refractivity contribution in [3.63, 3.8) is 0 Å². The number of ketones is 1. The topological polar surface area (TPSA) is 55.8 Å². The smallest absolute Gasteiger partial charge is 0.167 e. The molecule has 0 unspecified atom stereocenters. The number of hydrogen-bond donors (Lipinski definition) is 1. The summed E-state index contributed by atoms with van der Waals surface area (Å²) >= 11 is 0. The molecule has 4 heteroatoms. The van der Waals surface area contributed by atoms with Gasteiger partial charge in [-0.25, -0.2) is 0 Å². The molecule has 0 saturated carbocycles. The Kier molecular flexibility index (Phi) is 2.81. The van der Waals surface area contributed by atoms with E-state index < -0.39 is 5.60 Å². The Hall–Kier alpha value is -1.97. The molecular weight excluding hydrogens is 232 g/mol. The van der Waals surface area contributed by atoms with E-state index in [-0.39, 0.29) is 17.1 Å². The molecule has 18 heavy (non-hydrogen) atoms. The molecule has 0 atom stereocenters. The highest BCUT2D eigenvalue weighted by Crippen LogP contribution is 2.43. The lowest BCUT2D eigenvalue weighted by Gasteiger charge is -2.30. The number of benzene rings is 1. The van der Waals surface area contributed by atoms with Crippen molar-refractivity contribution in [1.29, 1.82) is 0 Å². The van der Waals surface area contributed by atoms with Gasteiger partial charge in [0.2, 0.25) is 0 Å². The summed E-state index contributed by atoms with van der Waals surface area (Å²) < 4.78 is 11.0. The first kappa shape index (κ1) is 12.5. The van der Waals surface area contributed by atoms with Gasteiger partial charge in [-0.3, -0.25) is 4.79 Å². The van der Waals surface area contributed by atoms with Crippen molar-refractivity contribution in [2.45, 2.75) is 26.4 Å². The number of carbonyl (C=O) groups is 1. The molecular formula is C14H16O4. The molecule has 0 amide bonds. The largest absolute Gasteiger partial charge is 0.507 e. The number of hydrogen-bond acceptors (Lipinski definition) is 4. The molecule has 2 rings (SSSR count). The van der Waals surface area contributed by atoms with Crippen LogP contribution < -0.4 is 9.47 Å². The Morgan fingerprint density at radius 2 is 2.11 bits per heavy atom. The van der Waals surface area contributed by atoms with Crippen molar-refractivity contribution in [3.8, 4) is 17.2 Å². The summed E-state index contributed by atoms with van der Waals surface area (Å²) in [5.41, 5.74) is 0.360. The molecule has 0 spiro atoms. The van der Waals surface area contributed by atoms with Crippen molar-refractivity contribution in [2.75, 3.05) is 7.11 Å². The molecule has 0 saturated heterocycles. The minimum absolute atomic E-state index is 0.121. The number of rotatable bonds is 2. The lowest BCUT2D eigenvalue weighted by atomic mass is 9.97. The van der Waals surface area contributed by atoms with E-state index >= 15 is 0 Å². The maximum Gasteiger partial charge on any atom is 0.167 e. The Morgan fingerprint density at radius 1 is 1.44 bits per heavy atom. The highest BCUT2D eigenvalue weighted by Gasteiger charge is 2.29. The lowest BCUT2D eigenvalue weighted by molar-refractivity contribution is 0.0996. The Balaban J connectivity index is 2.74. The summed E-state index contributed by atoms with van der Waals surface area (Å²) in [6.07, 6.45) is 3.74. The first-order chi connectivity index (χ1) is 8.35. The fourth-order valence-electron chi connectivity index (χ4n) is 1.99. The van der Waals surface area contributed by atoms with Crippen LogP contribution in [-0.4, -0.2) is 23.6 Å². The molecule has 96 valence electrons. The van der Waals surface area contributed by atoms with Gasteiger partial charge in [-0.1, -0.05) is 0 Å². The molecule has 1 N–H and O–H groups in total. The number of phenolic OH excluding ortho intramolecular Hbond substituents is 1. The minimum Gasteiger partial charge on any atom is -0.507 e. The van der Waals surface area contributed by atoms with Crippen LogP contribution in [0.5, 0.6) is 17.2 Å². The maximum atomic E-state index is 11.6. The quantitative estimate of drug-likeness (QED) is 0.818. The summed E-state index contributed by atoms with van der Waals surface area (Å²) in [6.45, 7) is 5.16. The van der Waals surface area contributed by atoms with Crippen molar-refractivity contribution in [3.05, 3.63) is 23.3 Å². The van der Waals surface area contributed by atoms with Gasteiger partial charge in [0.05, 0.1) is 12.7 Å². The third kappa shape index (κ3) is 1.94. The first-order valence-corrected chi connectivity index (χ1v) is 5.69. The Labute approximate surface area is 106 Å². The standard InChI is InChI=1S/C14H16O4/c1-8(15)12-10(16)7-11(17-4)9-5-6-14(2,3)18-13(9)12/h5-7,16H,1-4H3. The SMILES string of the molecule is COc1cc(O)c(C(C)=O)c2c1C=CC(C)(C)O2. The summed E-state index contributed by atoms with van der Waals surface area (Å²) in [5.74, 6) is 0.507.